The molecule has 1 amide bonds. The molecule has 0 radical (unpaired) electrons. The van der Waals surface area contributed by atoms with Gasteiger partial charge in [-0.3, -0.25) is 10.1 Å². The maximum absolute atomic E-state index is 12.1. The Morgan fingerprint density at radius 3 is 2.84 bits per heavy atom. The zero-order valence-corrected chi connectivity index (χ0v) is 11.4. The molecule has 1 heterocycles. The first-order valence-corrected chi connectivity index (χ1v) is 6.86. The van der Waals surface area contributed by atoms with Crippen molar-refractivity contribution in [2.24, 2.45) is 11.8 Å². The summed E-state index contributed by atoms with van der Waals surface area (Å²) in [5.41, 5.74) is 1.05. The number of hydrogen-bond acceptors (Lipinski definition) is 3. The van der Waals surface area contributed by atoms with E-state index < -0.39 is 0 Å². The minimum absolute atomic E-state index is 0.0450. The largest absolute Gasteiger partial charge is 0.496 e. The number of amides is 1. The first kappa shape index (κ1) is 12.5. The Morgan fingerprint density at radius 2 is 2.16 bits per heavy atom. The number of rotatable bonds is 4. The van der Waals surface area contributed by atoms with E-state index in [0.29, 0.717) is 12.5 Å². The van der Waals surface area contributed by atoms with Crippen molar-refractivity contribution < 1.29 is 9.53 Å². The first-order valence-electron chi connectivity index (χ1n) is 6.86. The second kappa shape index (κ2) is 4.85. The summed E-state index contributed by atoms with van der Waals surface area (Å²) in [6.07, 6.45) is 1.19. The lowest BCUT2D eigenvalue weighted by atomic mass is 10.1. The van der Waals surface area contributed by atoms with Crippen LogP contribution in [0.25, 0.3) is 0 Å². The molecule has 3 rings (SSSR count). The van der Waals surface area contributed by atoms with Crippen LogP contribution >= 0.6 is 0 Å². The smallest absolute Gasteiger partial charge is 0.238 e. The van der Waals surface area contributed by atoms with Crippen LogP contribution in [-0.4, -0.2) is 31.0 Å². The molecule has 1 aliphatic carbocycles. The Bertz CT molecular complexity index is 489. The number of ether oxygens (including phenoxy) is 1. The zero-order valence-electron chi connectivity index (χ0n) is 11.4. The lowest BCUT2D eigenvalue weighted by molar-refractivity contribution is -0.128. The van der Waals surface area contributed by atoms with Gasteiger partial charge in [-0.2, -0.15) is 0 Å². The monoisotopic (exact) mass is 260 g/mol. The molecule has 1 N–H and O–H groups in total. The Labute approximate surface area is 113 Å². The van der Waals surface area contributed by atoms with Gasteiger partial charge < -0.3 is 9.64 Å². The molecule has 2 fully saturated rings. The molecule has 1 aliphatic heterocycles. The number of para-hydroxylation sites is 1. The maximum atomic E-state index is 12.1. The van der Waals surface area contributed by atoms with Crippen molar-refractivity contribution in [2.45, 2.75) is 19.5 Å². The highest BCUT2D eigenvalue weighted by molar-refractivity contribution is 5.81. The molecular weight excluding hydrogens is 240 g/mol. The summed E-state index contributed by atoms with van der Waals surface area (Å²) in [5, 5.41) is 3.29. The summed E-state index contributed by atoms with van der Waals surface area (Å²) in [6.45, 7) is 3.52. The number of nitrogens with zero attached hydrogens (tertiary/aromatic N) is 1. The summed E-state index contributed by atoms with van der Waals surface area (Å²) >= 11 is 0. The normalized spacial score (nSPS) is 29.7. The van der Waals surface area contributed by atoms with E-state index in [1.165, 1.54) is 6.42 Å². The fraction of sp³-hybridized carbons (Fsp3) is 0.533. The van der Waals surface area contributed by atoms with Crippen molar-refractivity contribution in [3.8, 4) is 5.75 Å². The van der Waals surface area contributed by atoms with Crippen LogP contribution in [0, 0.1) is 11.8 Å². The second-order valence-electron chi connectivity index (χ2n) is 5.54. The van der Waals surface area contributed by atoms with Crippen LogP contribution < -0.4 is 10.1 Å². The third-order valence-corrected chi connectivity index (χ3v) is 4.22. The highest BCUT2D eigenvalue weighted by atomic mass is 16.5. The van der Waals surface area contributed by atoms with Crippen LogP contribution in [0.5, 0.6) is 5.75 Å². The van der Waals surface area contributed by atoms with Crippen molar-refractivity contribution in [2.75, 3.05) is 20.2 Å². The van der Waals surface area contributed by atoms with E-state index >= 15 is 0 Å². The van der Waals surface area contributed by atoms with Gasteiger partial charge in [0.15, 0.2) is 0 Å². The Morgan fingerprint density at radius 1 is 1.42 bits per heavy atom. The van der Waals surface area contributed by atoms with Crippen LogP contribution in [0.1, 0.15) is 25.1 Å². The summed E-state index contributed by atoms with van der Waals surface area (Å²) in [5.74, 6) is 2.45. The topological polar surface area (TPSA) is 41.6 Å². The number of carbonyl (C=O) groups is 1. The fourth-order valence-corrected chi connectivity index (χ4v) is 2.82. The van der Waals surface area contributed by atoms with Gasteiger partial charge >= 0.3 is 0 Å². The predicted octanol–water partition coefficient (Wildman–Crippen LogP) is 1.78. The van der Waals surface area contributed by atoms with Gasteiger partial charge in [0.05, 0.1) is 13.7 Å². The highest BCUT2D eigenvalue weighted by Gasteiger charge is 2.40. The average molecular weight is 260 g/mol. The third-order valence-electron chi connectivity index (χ3n) is 4.22. The summed E-state index contributed by atoms with van der Waals surface area (Å²) in [7, 11) is 1.67. The number of carbonyl (C=O) groups excluding carboxylic acids is 1. The number of benzene rings is 1. The second-order valence-corrected chi connectivity index (χ2v) is 5.54. The minimum atomic E-state index is -0.0450. The molecule has 1 saturated heterocycles. The Hall–Kier alpha value is -1.55. The SMILES string of the molecule is COc1ccccc1C1NCC(=O)N1CC1CC1C. The van der Waals surface area contributed by atoms with Crippen LogP contribution in [0.3, 0.4) is 0 Å². The molecule has 1 aromatic rings. The Balaban J connectivity index is 1.83. The Kier molecular flexibility index (Phi) is 3.19. The molecule has 1 aromatic carbocycles. The molecule has 1 saturated carbocycles. The number of nitrogens with one attached hydrogen (secondary N) is 1. The average Bonchev–Trinajstić information content (AvgIpc) is 3.00. The molecule has 19 heavy (non-hydrogen) atoms. The fourth-order valence-electron chi connectivity index (χ4n) is 2.82. The summed E-state index contributed by atoms with van der Waals surface area (Å²) in [6, 6.07) is 7.91. The quantitative estimate of drug-likeness (QED) is 0.897. The van der Waals surface area contributed by atoms with Crippen LogP contribution in [-0.2, 0) is 4.79 Å². The zero-order chi connectivity index (χ0) is 13.4. The van der Waals surface area contributed by atoms with E-state index in [9.17, 15) is 4.79 Å². The van der Waals surface area contributed by atoms with Gasteiger partial charge in [-0.25, -0.2) is 0 Å². The standard InChI is InChI=1S/C15H20N2O2/c1-10-7-11(10)9-17-14(18)8-16-15(17)12-5-3-4-6-13(12)19-2/h3-6,10-11,15-16H,7-9H2,1-2H3. The van der Waals surface area contributed by atoms with Gasteiger partial charge in [0.1, 0.15) is 11.9 Å². The van der Waals surface area contributed by atoms with E-state index in [-0.39, 0.29) is 12.1 Å². The van der Waals surface area contributed by atoms with Crippen molar-refractivity contribution in [1.29, 1.82) is 0 Å². The van der Waals surface area contributed by atoms with E-state index in [0.717, 1.165) is 23.8 Å². The van der Waals surface area contributed by atoms with Crippen LogP contribution in [0.15, 0.2) is 24.3 Å². The first-order chi connectivity index (χ1) is 9.20. The molecule has 0 spiro atoms. The maximum Gasteiger partial charge on any atom is 0.238 e. The van der Waals surface area contributed by atoms with Gasteiger partial charge in [0, 0.05) is 12.1 Å². The molecule has 2 aliphatic rings. The van der Waals surface area contributed by atoms with E-state index in [2.05, 4.69) is 12.2 Å². The lowest BCUT2D eigenvalue weighted by Gasteiger charge is -2.26. The highest BCUT2D eigenvalue weighted by Crippen LogP contribution is 2.40. The van der Waals surface area contributed by atoms with Crippen molar-refractivity contribution in [3.63, 3.8) is 0 Å². The molecule has 0 aromatic heterocycles. The van der Waals surface area contributed by atoms with Gasteiger partial charge in [-0.1, -0.05) is 25.1 Å². The van der Waals surface area contributed by atoms with Crippen molar-refractivity contribution in [1.82, 2.24) is 10.2 Å². The number of methoxy groups -OCH3 is 1. The molecule has 3 unspecified atom stereocenters. The van der Waals surface area contributed by atoms with Crippen LogP contribution in [0.2, 0.25) is 0 Å². The third kappa shape index (κ3) is 2.32. The van der Waals surface area contributed by atoms with Gasteiger partial charge in [0.2, 0.25) is 5.91 Å². The van der Waals surface area contributed by atoms with Crippen molar-refractivity contribution >= 4 is 5.91 Å². The molecule has 4 heteroatoms. The van der Waals surface area contributed by atoms with E-state index in [1.807, 2.05) is 29.2 Å². The summed E-state index contributed by atoms with van der Waals surface area (Å²) < 4.78 is 5.41. The van der Waals surface area contributed by atoms with Gasteiger partial charge in [-0.05, 0) is 24.3 Å². The molecule has 4 nitrogen and oxygen atoms in total. The van der Waals surface area contributed by atoms with Gasteiger partial charge in [0.25, 0.3) is 0 Å². The molecule has 3 atom stereocenters. The molecule has 102 valence electrons. The number of hydrogen-bond donors (Lipinski definition) is 1. The van der Waals surface area contributed by atoms with Crippen LogP contribution in [0.4, 0.5) is 0 Å². The predicted molar refractivity (Wildman–Crippen MR) is 72.7 cm³/mol. The lowest BCUT2D eigenvalue weighted by Crippen LogP contribution is -2.32. The molecule has 0 bridgehead atoms. The van der Waals surface area contributed by atoms with E-state index in [4.69, 9.17) is 4.74 Å². The summed E-state index contributed by atoms with van der Waals surface area (Å²) in [4.78, 5) is 14.0. The minimum Gasteiger partial charge on any atom is -0.496 e. The van der Waals surface area contributed by atoms with E-state index in [1.54, 1.807) is 7.11 Å². The van der Waals surface area contributed by atoms with Gasteiger partial charge in [-0.15, -0.1) is 0 Å². The molecular formula is C15H20N2O2. The van der Waals surface area contributed by atoms with Crippen molar-refractivity contribution in [3.05, 3.63) is 29.8 Å².